The van der Waals surface area contributed by atoms with Gasteiger partial charge in [0.1, 0.15) is 18.5 Å². The van der Waals surface area contributed by atoms with E-state index in [1.165, 1.54) is 69.8 Å². The maximum Gasteiger partial charge on any atom is 0.122 e. The van der Waals surface area contributed by atoms with Gasteiger partial charge in [-0.3, -0.25) is 0 Å². The van der Waals surface area contributed by atoms with Gasteiger partial charge in [0, 0.05) is 0 Å². The molecule has 1 aromatic rings. The highest BCUT2D eigenvalue weighted by molar-refractivity contribution is 5.33. The maximum atomic E-state index is 5.88. The lowest BCUT2D eigenvalue weighted by Gasteiger charge is -2.09. The minimum atomic E-state index is 0.319. The van der Waals surface area contributed by atoms with Crippen LogP contribution in [0.4, 0.5) is 0 Å². The molecule has 0 radical (unpaired) electrons. The molecule has 0 amide bonds. The monoisotopic (exact) mass is 358 g/mol. The fourth-order valence-electron chi connectivity index (χ4n) is 3.25. The van der Waals surface area contributed by atoms with Gasteiger partial charge in [0.2, 0.25) is 0 Å². The van der Waals surface area contributed by atoms with Crippen LogP contribution in [0.1, 0.15) is 83.1 Å². The highest BCUT2D eigenvalue weighted by Crippen LogP contribution is 2.21. The molecule has 0 bridgehead atoms. The number of rotatable bonds is 16. The van der Waals surface area contributed by atoms with Crippen molar-refractivity contribution in [2.45, 2.75) is 90.1 Å². The van der Waals surface area contributed by atoms with Gasteiger partial charge < -0.3 is 9.47 Å². The molecule has 1 saturated heterocycles. The Bertz CT molecular complexity index is 491. The highest BCUT2D eigenvalue weighted by Gasteiger charge is 2.23. The number of allylic oxidation sites excluding steroid dienone is 2. The first-order valence-corrected chi connectivity index (χ1v) is 10.9. The molecule has 2 rings (SSSR count). The number of hydrogen-bond donors (Lipinski definition) is 0. The first-order valence-electron chi connectivity index (χ1n) is 10.9. The van der Waals surface area contributed by atoms with E-state index in [-0.39, 0.29) is 0 Å². The van der Waals surface area contributed by atoms with Gasteiger partial charge in [0.25, 0.3) is 0 Å². The summed E-state index contributed by atoms with van der Waals surface area (Å²) in [5.74, 6) is 1.02. The van der Waals surface area contributed by atoms with Crippen molar-refractivity contribution in [3.05, 3.63) is 42.0 Å². The zero-order chi connectivity index (χ0) is 18.3. The van der Waals surface area contributed by atoms with Crippen molar-refractivity contribution in [1.82, 2.24) is 0 Å². The minimum Gasteiger partial charge on any atom is -0.491 e. The summed E-state index contributed by atoms with van der Waals surface area (Å²) in [4.78, 5) is 0. The van der Waals surface area contributed by atoms with Crippen LogP contribution in [0.25, 0.3) is 0 Å². The summed E-state index contributed by atoms with van der Waals surface area (Å²) >= 11 is 0. The molecule has 0 saturated carbocycles. The number of aryl methyl sites for hydroxylation is 1. The number of benzene rings is 1. The van der Waals surface area contributed by atoms with Gasteiger partial charge in [-0.2, -0.15) is 0 Å². The van der Waals surface area contributed by atoms with Crippen LogP contribution in [0, 0.1) is 0 Å². The van der Waals surface area contributed by atoms with Crippen LogP contribution < -0.4 is 4.74 Å². The molecule has 1 unspecified atom stereocenters. The average molecular weight is 359 g/mol. The molecule has 2 nitrogen and oxygen atoms in total. The molecule has 1 fully saturated rings. The largest absolute Gasteiger partial charge is 0.491 e. The van der Waals surface area contributed by atoms with Crippen molar-refractivity contribution in [1.29, 1.82) is 0 Å². The van der Waals surface area contributed by atoms with E-state index < -0.39 is 0 Å². The Kier molecular flexibility index (Phi) is 11.2. The predicted octanol–water partition coefficient (Wildman–Crippen LogP) is 6.87. The molecule has 26 heavy (non-hydrogen) atoms. The van der Waals surface area contributed by atoms with E-state index in [1.807, 2.05) is 6.07 Å². The molecule has 146 valence electrons. The third kappa shape index (κ3) is 10.0. The first kappa shape index (κ1) is 21.0. The van der Waals surface area contributed by atoms with E-state index in [0.29, 0.717) is 12.7 Å². The Morgan fingerprint density at radius 3 is 2.31 bits per heavy atom. The number of epoxide rings is 1. The van der Waals surface area contributed by atoms with Crippen molar-refractivity contribution in [2.75, 3.05) is 13.2 Å². The fraction of sp³-hybridized carbons (Fsp3) is 0.667. The number of hydrogen-bond acceptors (Lipinski definition) is 2. The second-order valence-corrected chi connectivity index (χ2v) is 7.50. The fourth-order valence-corrected chi connectivity index (χ4v) is 3.25. The van der Waals surface area contributed by atoms with Crippen LogP contribution >= 0.6 is 0 Å². The number of ether oxygens (including phenoxy) is 2. The first-order chi connectivity index (χ1) is 12.9. The van der Waals surface area contributed by atoms with Crippen molar-refractivity contribution >= 4 is 0 Å². The van der Waals surface area contributed by atoms with Gasteiger partial charge >= 0.3 is 0 Å². The topological polar surface area (TPSA) is 21.8 Å². The third-order valence-corrected chi connectivity index (χ3v) is 5.02. The van der Waals surface area contributed by atoms with E-state index >= 15 is 0 Å². The normalized spacial score (nSPS) is 16.3. The molecule has 0 aromatic heterocycles. The quantitative estimate of drug-likeness (QED) is 0.183. The molecular formula is C24H38O2. The van der Waals surface area contributed by atoms with Crippen LogP contribution in [-0.4, -0.2) is 19.3 Å². The Hall–Kier alpha value is -1.28. The molecular weight excluding hydrogens is 320 g/mol. The van der Waals surface area contributed by atoms with Crippen LogP contribution in [0.5, 0.6) is 5.75 Å². The molecule has 1 atom stereocenters. The van der Waals surface area contributed by atoms with Crippen LogP contribution in [0.3, 0.4) is 0 Å². The summed E-state index contributed by atoms with van der Waals surface area (Å²) in [5, 5.41) is 0. The van der Waals surface area contributed by atoms with E-state index in [4.69, 9.17) is 9.47 Å². The van der Waals surface area contributed by atoms with Crippen LogP contribution in [0.15, 0.2) is 36.4 Å². The molecule has 1 aromatic carbocycles. The Morgan fingerprint density at radius 1 is 0.923 bits per heavy atom. The second kappa shape index (κ2) is 13.9. The lowest BCUT2D eigenvalue weighted by molar-refractivity contribution is 0.261. The smallest absolute Gasteiger partial charge is 0.122 e. The molecule has 0 aliphatic carbocycles. The van der Waals surface area contributed by atoms with E-state index in [2.05, 4.69) is 37.3 Å². The van der Waals surface area contributed by atoms with Gasteiger partial charge in [-0.1, -0.05) is 88.6 Å². The Labute approximate surface area is 161 Å². The zero-order valence-electron chi connectivity index (χ0n) is 16.8. The van der Waals surface area contributed by atoms with E-state index in [0.717, 1.165) is 25.2 Å². The van der Waals surface area contributed by atoms with Gasteiger partial charge in [0.15, 0.2) is 0 Å². The Morgan fingerprint density at radius 2 is 1.58 bits per heavy atom. The Balaban J connectivity index is 1.46. The van der Waals surface area contributed by atoms with Crippen molar-refractivity contribution < 1.29 is 9.47 Å². The maximum absolute atomic E-state index is 5.88. The molecule has 1 aliphatic heterocycles. The number of unbranched alkanes of at least 4 members (excludes halogenated alkanes) is 9. The van der Waals surface area contributed by atoms with Gasteiger partial charge in [-0.05, 0) is 37.3 Å². The SMILES string of the molecule is CCCCCCCCCCCC=CCCc1ccccc1OCC1CO1. The van der Waals surface area contributed by atoms with Crippen LogP contribution in [0.2, 0.25) is 0 Å². The second-order valence-electron chi connectivity index (χ2n) is 7.50. The summed E-state index contributed by atoms with van der Waals surface area (Å²) in [7, 11) is 0. The average Bonchev–Trinajstić information content (AvgIpc) is 3.49. The summed E-state index contributed by atoms with van der Waals surface area (Å²) in [6, 6.07) is 8.40. The summed E-state index contributed by atoms with van der Waals surface area (Å²) in [6.07, 6.45) is 21.0. The van der Waals surface area contributed by atoms with E-state index in [1.54, 1.807) is 0 Å². The van der Waals surface area contributed by atoms with Gasteiger partial charge in [0.05, 0.1) is 6.61 Å². The van der Waals surface area contributed by atoms with Crippen LogP contribution in [-0.2, 0) is 11.2 Å². The molecule has 1 aliphatic rings. The predicted molar refractivity (Wildman–Crippen MR) is 111 cm³/mol. The standard InChI is InChI=1S/C24H38O2/c1-2-3-4-5-6-7-8-9-10-11-12-13-14-17-22-18-15-16-19-24(22)26-21-23-20-25-23/h12-13,15-16,18-19,23H,2-11,14,17,20-21H2,1H3. The summed E-state index contributed by atoms with van der Waals surface area (Å²) < 4.78 is 11.1. The lowest BCUT2D eigenvalue weighted by Crippen LogP contribution is -2.05. The van der Waals surface area contributed by atoms with E-state index in [9.17, 15) is 0 Å². The van der Waals surface area contributed by atoms with Crippen molar-refractivity contribution in [2.24, 2.45) is 0 Å². The molecule has 1 heterocycles. The van der Waals surface area contributed by atoms with Crippen molar-refractivity contribution in [3.63, 3.8) is 0 Å². The van der Waals surface area contributed by atoms with Gasteiger partial charge in [-0.25, -0.2) is 0 Å². The summed E-state index contributed by atoms with van der Waals surface area (Å²) in [5.41, 5.74) is 1.31. The number of para-hydroxylation sites is 1. The third-order valence-electron chi connectivity index (χ3n) is 5.02. The molecule has 0 spiro atoms. The zero-order valence-corrected chi connectivity index (χ0v) is 16.8. The highest BCUT2D eigenvalue weighted by atomic mass is 16.6. The summed E-state index contributed by atoms with van der Waals surface area (Å²) in [6.45, 7) is 3.82. The van der Waals surface area contributed by atoms with Gasteiger partial charge in [-0.15, -0.1) is 0 Å². The molecule has 0 N–H and O–H groups in total. The van der Waals surface area contributed by atoms with Crippen molar-refractivity contribution in [3.8, 4) is 5.75 Å². The minimum absolute atomic E-state index is 0.319. The molecule has 2 heteroatoms. The lowest BCUT2D eigenvalue weighted by atomic mass is 10.1.